The summed E-state index contributed by atoms with van der Waals surface area (Å²) in [7, 11) is 0. The summed E-state index contributed by atoms with van der Waals surface area (Å²) < 4.78 is 0. The van der Waals surface area contributed by atoms with Crippen molar-refractivity contribution in [3.63, 3.8) is 0 Å². The molecule has 0 spiro atoms. The van der Waals surface area contributed by atoms with Crippen molar-refractivity contribution < 1.29 is 14.7 Å². The normalized spacial score (nSPS) is 33.6. The number of likely N-dealkylation sites (tertiary alicyclic amines) is 1. The highest BCUT2D eigenvalue weighted by molar-refractivity contribution is 5.83. The Balaban J connectivity index is 1.48. The molecular formula is C16H26N2O3. The van der Waals surface area contributed by atoms with Gasteiger partial charge in [0.2, 0.25) is 11.8 Å². The molecule has 1 atom stereocenters. The number of piperidine rings is 1. The van der Waals surface area contributed by atoms with Crippen molar-refractivity contribution in [3.05, 3.63) is 0 Å². The molecule has 5 nitrogen and oxygen atoms in total. The van der Waals surface area contributed by atoms with Crippen LogP contribution in [0.4, 0.5) is 0 Å². The SMILES string of the molecule is O=C(NC1CCC(O)CC1)C1CCCN(C(=O)C2CC2)C1. The van der Waals surface area contributed by atoms with Crippen LogP contribution in [0.25, 0.3) is 0 Å². The fraction of sp³-hybridized carbons (Fsp3) is 0.875. The molecule has 21 heavy (non-hydrogen) atoms. The van der Waals surface area contributed by atoms with Crippen molar-refractivity contribution in [2.24, 2.45) is 11.8 Å². The fourth-order valence-corrected chi connectivity index (χ4v) is 3.52. The molecule has 2 amide bonds. The van der Waals surface area contributed by atoms with Crippen molar-refractivity contribution in [2.75, 3.05) is 13.1 Å². The van der Waals surface area contributed by atoms with Crippen LogP contribution in [-0.4, -0.2) is 47.1 Å². The summed E-state index contributed by atoms with van der Waals surface area (Å²) in [5.74, 6) is 0.554. The lowest BCUT2D eigenvalue weighted by atomic mass is 9.91. The first-order valence-corrected chi connectivity index (χ1v) is 8.40. The second-order valence-corrected chi connectivity index (χ2v) is 6.91. The van der Waals surface area contributed by atoms with Gasteiger partial charge in [-0.2, -0.15) is 0 Å². The van der Waals surface area contributed by atoms with Crippen molar-refractivity contribution in [2.45, 2.75) is 63.5 Å². The minimum Gasteiger partial charge on any atom is -0.393 e. The first kappa shape index (κ1) is 14.8. The van der Waals surface area contributed by atoms with Crippen molar-refractivity contribution in [1.29, 1.82) is 0 Å². The van der Waals surface area contributed by atoms with Gasteiger partial charge in [-0.1, -0.05) is 0 Å². The first-order valence-electron chi connectivity index (χ1n) is 8.40. The van der Waals surface area contributed by atoms with E-state index < -0.39 is 0 Å². The molecular weight excluding hydrogens is 268 g/mol. The van der Waals surface area contributed by atoms with E-state index >= 15 is 0 Å². The number of nitrogens with zero attached hydrogens (tertiary/aromatic N) is 1. The second-order valence-electron chi connectivity index (χ2n) is 6.91. The number of hydrogen-bond donors (Lipinski definition) is 2. The van der Waals surface area contributed by atoms with E-state index in [0.717, 1.165) is 57.9 Å². The van der Waals surface area contributed by atoms with Crippen molar-refractivity contribution >= 4 is 11.8 Å². The second kappa shape index (κ2) is 6.34. The summed E-state index contributed by atoms with van der Waals surface area (Å²) in [5, 5.41) is 12.6. The Morgan fingerprint density at radius 3 is 2.33 bits per heavy atom. The molecule has 0 aromatic heterocycles. The standard InChI is InChI=1S/C16H26N2O3/c19-14-7-5-13(6-8-14)17-15(20)12-2-1-9-18(10-12)16(21)11-3-4-11/h11-14,19H,1-10H2,(H,17,20). The lowest BCUT2D eigenvalue weighted by molar-refractivity contribution is -0.137. The van der Waals surface area contributed by atoms with Crippen molar-refractivity contribution in [1.82, 2.24) is 10.2 Å². The van der Waals surface area contributed by atoms with Gasteiger partial charge in [0.25, 0.3) is 0 Å². The Morgan fingerprint density at radius 2 is 1.67 bits per heavy atom. The Bertz CT molecular complexity index is 400. The molecule has 2 N–H and O–H groups in total. The average Bonchev–Trinajstić information content (AvgIpc) is 3.34. The summed E-state index contributed by atoms with van der Waals surface area (Å²) in [4.78, 5) is 26.4. The molecule has 0 bridgehead atoms. The van der Waals surface area contributed by atoms with Crippen LogP contribution in [-0.2, 0) is 9.59 Å². The number of rotatable bonds is 3. The summed E-state index contributed by atoms with van der Waals surface area (Å²) in [6.07, 6.45) is 6.96. The van der Waals surface area contributed by atoms with E-state index in [4.69, 9.17) is 0 Å². The van der Waals surface area contributed by atoms with Gasteiger partial charge in [-0.25, -0.2) is 0 Å². The monoisotopic (exact) mass is 294 g/mol. The van der Waals surface area contributed by atoms with Crippen LogP contribution in [0.3, 0.4) is 0 Å². The number of carbonyl (C=O) groups is 2. The summed E-state index contributed by atoms with van der Waals surface area (Å²) in [5.41, 5.74) is 0. The number of amides is 2. The third-order valence-corrected chi connectivity index (χ3v) is 5.07. The zero-order valence-electron chi connectivity index (χ0n) is 12.6. The van der Waals surface area contributed by atoms with Gasteiger partial charge in [0, 0.05) is 25.0 Å². The maximum atomic E-state index is 12.4. The fourth-order valence-electron chi connectivity index (χ4n) is 3.52. The Hall–Kier alpha value is -1.10. The summed E-state index contributed by atoms with van der Waals surface area (Å²) >= 11 is 0. The third-order valence-electron chi connectivity index (χ3n) is 5.07. The molecule has 3 aliphatic rings. The quantitative estimate of drug-likeness (QED) is 0.817. The van der Waals surface area contributed by atoms with Gasteiger partial charge in [0.05, 0.1) is 12.0 Å². The van der Waals surface area contributed by atoms with Crippen molar-refractivity contribution in [3.8, 4) is 0 Å². The minimum absolute atomic E-state index is 0.0479. The molecule has 1 saturated heterocycles. The molecule has 0 aromatic carbocycles. The Kier molecular flexibility index (Phi) is 4.48. The van der Waals surface area contributed by atoms with Crippen LogP contribution in [0.1, 0.15) is 51.4 Å². The van der Waals surface area contributed by atoms with Gasteiger partial charge in [0.1, 0.15) is 0 Å². The average molecular weight is 294 g/mol. The van der Waals surface area contributed by atoms with Gasteiger partial charge in [-0.15, -0.1) is 0 Å². The van der Waals surface area contributed by atoms with Crippen LogP contribution >= 0.6 is 0 Å². The van der Waals surface area contributed by atoms with E-state index in [2.05, 4.69) is 5.32 Å². The highest BCUT2D eigenvalue weighted by atomic mass is 16.3. The van der Waals surface area contributed by atoms with E-state index in [1.54, 1.807) is 0 Å². The van der Waals surface area contributed by atoms with E-state index in [0.29, 0.717) is 6.54 Å². The summed E-state index contributed by atoms with van der Waals surface area (Å²) in [6.45, 7) is 1.41. The highest BCUT2D eigenvalue weighted by Gasteiger charge is 2.37. The maximum Gasteiger partial charge on any atom is 0.225 e. The molecule has 3 rings (SSSR count). The highest BCUT2D eigenvalue weighted by Crippen LogP contribution is 2.32. The number of aliphatic hydroxyl groups excluding tert-OH is 1. The molecule has 1 heterocycles. The van der Waals surface area contributed by atoms with Gasteiger partial charge >= 0.3 is 0 Å². The number of nitrogens with one attached hydrogen (secondary N) is 1. The van der Waals surface area contributed by atoms with Crippen LogP contribution in [0.15, 0.2) is 0 Å². The lowest BCUT2D eigenvalue weighted by Crippen LogP contribution is -2.48. The summed E-state index contributed by atoms with van der Waals surface area (Å²) in [6, 6.07) is 0.204. The van der Waals surface area contributed by atoms with Gasteiger partial charge in [-0.3, -0.25) is 9.59 Å². The smallest absolute Gasteiger partial charge is 0.225 e. The molecule has 2 saturated carbocycles. The minimum atomic E-state index is -0.195. The molecule has 0 radical (unpaired) electrons. The van der Waals surface area contributed by atoms with E-state index in [1.807, 2.05) is 4.90 Å². The zero-order valence-corrected chi connectivity index (χ0v) is 12.6. The number of aliphatic hydroxyl groups is 1. The van der Waals surface area contributed by atoms with Crippen LogP contribution in [0.5, 0.6) is 0 Å². The number of carbonyl (C=O) groups excluding carboxylic acids is 2. The predicted molar refractivity (Wildman–Crippen MR) is 78.4 cm³/mol. The first-order chi connectivity index (χ1) is 10.1. The molecule has 1 aliphatic heterocycles. The molecule has 1 unspecified atom stereocenters. The van der Waals surface area contributed by atoms with Crippen LogP contribution < -0.4 is 5.32 Å². The molecule has 3 fully saturated rings. The molecule has 0 aromatic rings. The lowest BCUT2D eigenvalue weighted by Gasteiger charge is -2.34. The molecule has 5 heteroatoms. The molecule has 118 valence electrons. The van der Waals surface area contributed by atoms with Gasteiger partial charge in [0.15, 0.2) is 0 Å². The third kappa shape index (κ3) is 3.76. The zero-order chi connectivity index (χ0) is 14.8. The van der Waals surface area contributed by atoms with Gasteiger partial charge < -0.3 is 15.3 Å². The van der Waals surface area contributed by atoms with E-state index in [9.17, 15) is 14.7 Å². The van der Waals surface area contributed by atoms with E-state index in [-0.39, 0.29) is 35.8 Å². The largest absolute Gasteiger partial charge is 0.393 e. The number of hydrogen-bond acceptors (Lipinski definition) is 3. The van der Waals surface area contributed by atoms with E-state index in [1.165, 1.54) is 0 Å². The Labute approximate surface area is 126 Å². The Morgan fingerprint density at radius 1 is 0.952 bits per heavy atom. The predicted octanol–water partition coefficient (Wildman–Crippen LogP) is 1.05. The topological polar surface area (TPSA) is 69.6 Å². The maximum absolute atomic E-state index is 12.4. The van der Waals surface area contributed by atoms with Gasteiger partial charge in [-0.05, 0) is 51.4 Å². The van der Waals surface area contributed by atoms with Crippen LogP contribution in [0, 0.1) is 11.8 Å². The van der Waals surface area contributed by atoms with Crippen LogP contribution in [0.2, 0.25) is 0 Å². The molecule has 2 aliphatic carbocycles.